The fourth-order valence-electron chi connectivity index (χ4n) is 1.75. The van der Waals surface area contributed by atoms with Crippen LogP contribution in [-0.2, 0) is 4.74 Å². The Balaban J connectivity index is 2.76. The van der Waals surface area contributed by atoms with E-state index in [2.05, 4.69) is 0 Å². The molecule has 0 aliphatic carbocycles. The largest absolute Gasteiger partial charge is 0.507 e. The number of nitrogen functional groups attached to an aromatic ring is 1. The van der Waals surface area contributed by atoms with E-state index in [1.807, 2.05) is 18.7 Å². The molecule has 3 N–H and O–H groups in total. The van der Waals surface area contributed by atoms with Gasteiger partial charge in [-0.15, -0.1) is 0 Å². The summed E-state index contributed by atoms with van der Waals surface area (Å²) in [6.45, 7) is 7.37. The summed E-state index contributed by atoms with van der Waals surface area (Å²) in [6.07, 6.45) is -0.329. The van der Waals surface area contributed by atoms with E-state index in [9.17, 15) is 9.90 Å². The van der Waals surface area contributed by atoms with Gasteiger partial charge < -0.3 is 15.6 Å². The lowest BCUT2D eigenvalue weighted by molar-refractivity contribution is -0.0198. The van der Waals surface area contributed by atoms with Crippen LogP contribution in [0.4, 0.5) is 5.69 Å². The average Bonchev–Trinajstić information content (AvgIpc) is 2.30. The minimum atomic E-state index is -0.549. The van der Waals surface area contributed by atoms with Crippen molar-refractivity contribution in [3.05, 3.63) is 23.8 Å². The van der Waals surface area contributed by atoms with Gasteiger partial charge in [0.25, 0.3) is 0 Å². The highest BCUT2D eigenvalue weighted by Gasteiger charge is 2.18. The first kappa shape index (κ1) is 14.3. The molecule has 0 aliphatic heterocycles. The molecule has 0 saturated heterocycles. The zero-order valence-electron chi connectivity index (χ0n) is 11.0. The molecule has 1 rings (SSSR count). The number of carbonyl (C=O) groups excluding carboxylic acids is 1. The molecule has 0 amide bonds. The Bertz CT molecular complexity index is 417. The average molecular weight is 252 g/mol. The van der Waals surface area contributed by atoms with Gasteiger partial charge in [-0.05, 0) is 32.1 Å². The third-order valence-electron chi connectivity index (χ3n) is 2.85. The van der Waals surface area contributed by atoms with E-state index in [0.717, 1.165) is 13.1 Å². The van der Waals surface area contributed by atoms with Gasteiger partial charge >= 0.3 is 5.97 Å². The summed E-state index contributed by atoms with van der Waals surface area (Å²) >= 11 is 0. The molecular weight excluding hydrogens is 232 g/mol. The predicted octanol–water partition coefficient (Wildman–Crippen LogP) is 1.82. The van der Waals surface area contributed by atoms with E-state index in [1.54, 1.807) is 13.0 Å². The highest BCUT2D eigenvalue weighted by Crippen LogP contribution is 2.21. The first-order valence-corrected chi connectivity index (χ1v) is 6.03. The van der Waals surface area contributed by atoms with Crippen LogP contribution in [0.3, 0.4) is 0 Å². The van der Waals surface area contributed by atoms with Gasteiger partial charge in [0.15, 0.2) is 6.23 Å². The van der Waals surface area contributed by atoms with Gasteiger partial charge in [-0.1, -0.05) is 13.8 Å². The molecule has 100 valence electrons. The van der Waals surface area contributed by atoms with Crippen LogP contribution in [0, 0.1) is 0 Å². The topological polar surface area (TPSA) is 75.8 Å². The smallest absolute Gasteiger partial charge is 0.343 e. The quantitative estimate of drug-likeness (QED) is 0.475. The Morgan fingerprint density at radius 2 is 2.06 bits per heavy atom. The van der Waals surface area contributed by atoms with Crippen molar-refractivity contribution >= 4 is 11.7 Å². The molecule has 1 unspecified atom stereocenters. The third kappa shape index (κ3) is 3.37. The fourth-order valence-corrected chi connectivity index (χ4v) is 1.75. The number of esters is 1. The van der Waals surface area contributed by atoms with E-state index in [1.165, 1.54) is 12.1 Å². The number of phenols is 1. The number of nitrogens with two attached hydrogens (primary N) is 1. The van der Waals surface area contributed by atoms with Gasteiger partial charge in [0.05, 0.1) is 0 Å². The van der Waals surface area contributed by atoms with E-state index in [4.69, 9.17) is 10.5 Å². The van der Waals surface area contributed by atoms with Gasteiger partial charge in [0, 0.05) is 11.8 Å². The molecule has 0 radical (unpaired) electrons. The van der Waals surface area contributed by atoms with E-state index >= 15 is 0 Å². The minimum absolute atomic E-state index is 0.128. The number of rotatable bonds is 5. The van der Waals surface area contributed by atoms with Crippen molar-refractivity contribution in [1.82, 2.24) is 4.90 Å². The highest BCUT2D eigenvalue weighted by atomic mass is 16.6. The standard InChI is InChI=1S/C13H20N2O3/c1-4-15(5-2)9(3)18-13(17)11-7-6-10(14)8-12(11)16/h6-9,16H,4-5,14H2,1-3H3. The predicted molar refractivity (Wildman–Crippen MR) is 70.3 cm³/mol. The summed E-state index contributed by atoms with van der Waals surface area (Å²) in [7, 11) is 0. The maximum atomic E-state index is 11.9. The van der Waals surface area contributed by atoms with Crippen LogP contribution in [0.5, 0.6) is 5.75 Å². The van der Waals surface area contributed by atoms with Gasteiger partial charge in [-0.3, -0.25) is 4.90 Å². The van der Waals surface area contributed by atoms with E-state index < -0.39 is 5.97 Å². The lowest BCUT2D eigenvalue weighted by Crippen LogP contribution is -2.36. The third-order valence-corrected chi connectivity index (χ3v) is 2.85. The monoisotopic (exact) mass is 252 g/mol. The molecule has 0 aromatic heterocycles. The summed E-state index contributed by atoms with van der Waals surface area (Å²) in [5.74, 6) is -0.710. The summed E-state index contributed by atoms with van der Waals surface area (Å²) in [6, 6.07) is 4.35. The summed E-state index contributed by atoms with van der Waals surface area (Å²) in [5.41, 5.74) is 6.03. The Hall–Kier alpha value is -1.75. The second-order valence-electron chi connectivity index (χ2n) is 4.00. The zero-order chi connectivity index (χ0) is 13.7. The van der Waals surface area contributed by atoms with Crippen LogP contribution in [0.25, 0.3) is 0 Å². The lowest BCUT2D eigenvalue weighted by atomic mass is 10.2. The summed E-state index contributed by atoms with van der Waals surface area (Å²) in [4.78, 5) is 13.9. The molecule has 0 heterocycles. The van der Waals surface area contributed by atoms with Crippen molar-refractivity contribution in [3.8, 4) is 5.75 Å². The lowest BCUT2D eigenvalue weighted by Gasteiger charge is -2.25. The first-order chi connectivity index (χ1) is 8.49. The normalized spacial score (nSPS) is 12.4. The van der Waals surface area contributed by atoms with E-state index in [0.29, 0.717) is 5.69 Å². The number of carbonyl (C=O) groups is 1. The van der Waals surface area contributed by atoms with Crippen LogP contribution in [-0.4, -0.2) is 35.3 Å². The molecule has 0 saturated carbocycles. The maximum Gasteiger partial charge on any atom is 0.343 e. The molecule has 5 heteroatoms. The maximum absolute atomic E-state index is 11.9. The van der Waals surface area contributed by atoms with Crippen molar-refractivity contribution in [3.63, 3.8) is 0 Å². The molecule has 0 fully saturated rings. The number of ether oxygens (including phenoxy) is 1. The minimum Gasteiger partial charge on any atom is -0.507 e. The number of benzene rings is 1. The van der Waals surface area contributed by atoms with Crippen molar-refractivity contribution in [2.45, 2.75) is 27.0 Å². The SMILES string of the molecule is CCN(CC)C(C)OC(=O)c1ccc(N)cc1O. The Morgan fingerprint density at radius 1 is 1.44 bits per heavy atom. The summed E-state index contributed by atoms with van der Waals surface area (Å²) < 4.78 is 5.29. The number of phenolic OH excluding ortho intramolecular Hbond substituents is 1. The Labute approximate surface area is 107 Å². The van der Waals surface area contributed by atoms with Gasteiger partial charge in [-0.2, -0.15) is 0 Å². The highest BCUT2D eigenvalue weighted by molar-refractivity contribution is 5.93. The number of anilines is 1. The van der Waals surface area contributed by atoms with Crippen LogP contribution in [0.15, 0.2) is 18.2 Å². The number of hydrogen-bond acceptors (Lipinski definition) is 5. The zero-order valence-corrected chi connectivity index (χ0v) is 11.0. The van der Waals surface area contributed by atoms with Gasteiger partial charge in [0.1, 0.15) is 11.3 Å². The van der Waals surface area contributed by atoms with Crippen LogP contribution in [0.1, 0.15) is 31.1 Å². The number of nitrogens with zero attached hydrogens (tertiary/aromatic N) is 1. The molecule has 18 heavy (non-hydrogen) atoms. The first-order valence-electron chi connectivity index (χ1n) is 6.03. The molecule has 5 nitrogen and oxygen atoms in total. The molecular formula is C13H20N2O3. The molecule has 1 aromatic rings. The Morgan fingerprint density at radius 3 is 2.56 bits per heavy atom. The molecule has 0 bridgehead atoms. The van der Waals surface area contributed by atoms with Gasteiger partial charge in [0.2, 0.25) is 0 Å². The molecule has 1 atom stereocenters. The second-order valence-corrected chi connectivity index (χ2v) is 4.00. The molecule has 0 aliphatic rings. The Kier molecular flexibility index (Phi) is 4.97. The van der Waals surface area contributed by atoms with Crippen molar-refractivity contribution < 1.29 is 14.6 Å². The van der Waals surface area contributed by atoms with Crippen LogP contribution >= 0.6 is 0 Å². The fraction of sp³-hybridized carbons (Fsp3) is 0.462. The van der Waals surface area contributed by atoms with E-state index in [-0.39, 0.29) is 17.5 Å². The van der Waals surface area contributed by atoms with Crippen molar-refractivity contribution in [2.75, 3.05) is 18.8 Å². The van der Waals surface area contributed by atoms with Gasteiger partial charge in [-0.25, -0.2) is 4.79 Å². The van der Waals surface area contributed by atoms with Crippen molar-refractivity contribution in [1.29, 1.82) is 0 Å². The molecule has 1 aromatic carbocycles. The van der Waals surface area contributed by atoms with Crippen molar-refractivity contribution in [2.24, 2.45) is 0 Å². The van der Waals surface area contributed by atoms with Crippen LogP contribution < -0.4 is 5.73 Å². The van der Waals surface area contributed by atoms with Crippen LogP contribution in [0.2, 0.25) is 0 Å². The summed E-state index contributed by atoms with van der Waals surface area (Å²) in [5, 5.41) is 9.63. The number of hydrogen-bond donors (Lipinski definition) is 2. The second kappa shape index (κ2) is 6.26. The molecule has 0 spiro atoms. The number of aromatic hydroxyl groups is 1.